The number of nitrogens with one attached hydrogen (secondary N) is 1. The second-order valence-corrected chi connectivity index (χ2v) is 6.36. The van der Waals surface area contributed by atoms with Crippen molar-refractivity contribution in [2.45, 2.75) is 57.5 Å². The van der Waals surface area contributed by atoms with E-state index in [1.54, 1.807) is 5.54 Å². The molecule has 2 aliphatic rings. The van der Waals surface area contributed by atoms with E-state index in [-0.39, 0.29) is 0 Å². The van der Waals surface area contributed by atoms with Gasteiger partial charge in [0.25, 0.3) is 0 Å². The maximum absolute atomic E-state index is 5.71. The highest BCUT2D eigenvalue weighted by molar-refractivity contribution is 6.25. The van der Waals surface area contributed by atoms with Crippen molar-refractivity contribution >= 4 is 11.6 Å². The first kappa shape index (κ1) is 14.4. The zero-order chi connectivity index (χ0) is 13.0. The van der Waals surface area contributed by atoms with Crippen molar-refractivity contribution in [3.8, 4) is 0 Å². The van der Waals surface area contributed by atoms with E-state index in [2.05, 4.69) is 30.1 Å². The Morgan fingerprint density at radius 2 is 2.17 bits per heavy atom. The first-order chi connectivity index (χ1) is 8.71. The van der Waals surface area contributed by atoms with Crippen molar-refractivity contribution in [2.24, 2.45) is 5.92 Å². The Balaban J connectivity index is 2.04. The Labute approximate surface area is 117 Å². The molecule has 1 heterocycles. The van der Waals surface area contributed by atoms with Crippen LogP contribution in [0.3, 0.4) is 0 Å². The SMILES string of the molecule is CCC(C)C1CNC2(CCCC2)CN1C/C=C/Cl. The van der Waals surface area contributed by atoms with Gasteiger partial charge in [-0.2, -0.15) is 0 Å². The molecule has 1 saturated carbocycles. The van der Waals surface area contributed by atoms with Gasteiger partial charge in [0.2, 0.25) is 0 Å². The first-order valence-electron chi connectivity index (χ1n) is 7.45. The lowest BCUT2D eigenvalue weighted by Gasteiger charge is -2.48. The molecule has 1 saturated heterocycles. The van der Waals surface area contributed by atoms with Crippen LogP contribution in [0.5, 0.6) is 0 Å². The standard InChI is InChI=1S/C15H27ClN2/c1-3-13(2)14-11-17-15(7-4-5-8-15)12-18(14)10-6-9-16/h6,9,13-14,17H,3-5,7-8,10-12H2,1-2H3/b9-6+. The molecule has 3 heteroatoms. The summed E-state index contributed by atoms with van der Waals surface area (Å²) in [6.45, 7) is 8.01. The molecule has 0 aromatic heterocycles. The smallest absolute Gasteiger partial charge is 0.0309 e. The Kier molecular flexibility index (Phi) is 5.11. The van der Waals surface area contributed by atoms with E-state index >= 15 is 0 Å². The minimum absolute atomic E-state index is 0.407. The fraction of sp³-hybridized carbons (Fsp3) is 0.867. The van der Waals surface area contributed by atoms with Crippen molar-refractivity contribution < 1.29 is 0 Å². The van der Waals surface area contributed by atoms with Crippen LogP contribution in [-0.2, 0) is 0 Å². The number of halogens is 1. The Hall–Kier alpha value is -0.0500. The van der Waals surface area contributed by atoms with Crippen molar-refractivity contribution in [1.29, 1.82) is 0 Å². The van der Waals surface area contributed by atoms with Crippen molar-refractivity contribution in [1.82, 2.24) is 10.2 Å². The summed E-state index contributed by atoms with van der Waals surface area (Å²) in [7, 11) is 0. The molecule has 0 aromatic carbocycles. The second-order valence-electron chi connectivity index (χ2n) is 6.11. The summed E-state index contributed by atoms with van der Waals surface area (Å²) in [6, 6.07) is 0.661. The summed E-state index contributed by atoms with van der Waals surface area (Å²) in [5.74, 6) is 0.750. The average Bonchev–Trinajstić information content (AvgIpc) is 2.84. The fourth-order valence-electron chi connectivity index (χ4n) is 3.61. The molecular weight excluding hydrogens is 244 g/mol. The third-order valence-corrected chi connectivity index (χ3v) is 5.13. The van der Waals surface area contributed by atoms with Crippen LogP contribution in [0, 0.1) is 5.92 Å². The van der Waals surface area contributed by atoms with Crippen molar-refractivity contribution in [3.63, 3.8) is 0 Å². The fourth-order valence-corrected chi connectivity index (χ4v) is 3.69. The molecule has 0 bridgehead atoms. The summed E-state index contributed by atoms with van der Waals surface area (Å²) >= 11 is 5.71. The van der Waals surface area contributed by atoms with Crippen LogP contribution in [0.1, 0.15) is 46.0 Å². The molecule has 0 aromatic rings. The topological polar surface area (TPSA) is 15.3 Å². The van der Waals surface area contributed by atoms with E-state index in [4.69, 9.17) is 11.6 Å². The minimum Gasteiger partial charge on any atom is -0.308 e. The summed E-state index contributed by atoms with van der Waals surface area (Å²) in [6.07, 6.45) is 8.81. The van der Waals surface area contributed by atoms with Crippen molar-refractivity contribution in [2.75, 3.05) is 19.6 Å². The van der Waals surface area contributed by atoms with Gasteiger partial charge in [-0.1, -0.05) is 50.8 Å². The Morgan fingerprint density at radius 1 is 1.44 bits per heavy atom. The molecule has 2 nitrogen and oxygen atoms in total. The molecule has 1 N–H and O–H groups in total. The molecule has 0 amide bonds. The molecule has 2 rings (SSSR count). The number of hydrogen-bond donors (Lipinski definition) is 1. The zero-order valence-electron chi connectivity index (χ0n) is 11.8. The van der Waals surface area contributed by atoms with E-state index < -0.39 is 0 Å². The third kappa shape index (κ3) is 3.09. The van der Waals surface area contributed by atoms with Gasteiger partial charge in [0.15, 0.2) is 0 Å². The Bertz CT molecular complexity index is 284. The maximum Gasteiger partial charge on any atom is 0.0309 e. The van der Waals surface area contributed by atoms with Crippen LogP contribution >= 0.6 is 11.6 Å². The lowest BCUT2D eigenvalue weighted by molar-refractivity contribution is 0.0618. The van der Waals surface area contributed by atoms with Gasteiger partial charge in [0, 0.05) is 36.8 Å². The van der Waals surface area contributed by atoms with Crippen LogP contribution in [0.25, 0.3) is 0 Å². The van der Waals surface area contributed by atoms with Crippen LogP contribution in [0.2, 0.25) is 0 Å². The summed E-state index contributed by atoms with van der Waals surface area (Å²) in [4.78, 5) is 2.65. The van der Waals surface area contributed by atoms with Gasteiger partial charge in [-0.05, 0) is 18.8 Å². The number of rotatable bonds is 4. The summed E-state index contributed by atoms with van der Waals surface area (Å²) < 4.78 is 0. The predicted octanol–water partition coefficient (Wildman–Crippen LogP) is 3.37. The van der Waals surface area contributed by atoms with E-state index in [1.807, 2.05) is 0 Å². The highest BCUT2D eigenvalue weighted by Gasteiger charge is 2.41. The maximum atomic E-state index is 5.71. The van der Waals surface area contributed by atoms with Crippen LogP contribution in [-0.4, -0.2) is 36.1 Å². The van der Waals surface area contributed by atoms with Crippen LogP contribution in [0.4, 0.5) is 0 Å². The summed E-state index contributed by atoms with van der Waals surface area (Å²) in [5.41, 5.74) is 2.07. The molecule has 2 fully saturated rings. The summed E-state index contributed by atoms with van der Waals surface area (Å²) in [5, 5.41) is 3.87. The molecule has 0 radical (unpaired) electrons. The molecule has 1 spiro atoms. The highest BCUT2D eigenvalue weighted by atomic mass is 35.5. The van der Waals surface area contributed by atoms with Gasteiger partial charge >= 0.3 is 0 Å². The minimum atomic E-state index is 0.407. The van der Waals surface area contributed by atoms with E-state index in [0.717, 1.165) is 19.0 Å². The van der Waals surface area contributed by atoms with Crippen LogP contribution in [0.15, 0.2) is 11.6 Å². The van der Waals surface area contributed by atoms with Gasteiger partial charge in [-0.3, -0.25) is 4.90 Å². The predicted molar refractivity (Wildman–Crippen MR) is 79.0 cm³/mol. The largest absolute Gasteiger partial charge is 0.308 e. The van der Waals surface area contributed by atoms with Gasteiger partial charge in [-0.15, -0.1) is 0 Å². The number of nitrogens with zero attached hydrogens (tertiary/aromatic N) is 1. The van der Waals surface area contributed by atoms with E-state index in [9.17, 15) is 0 Å². The molecule has 2 unspecified atom stereocenters. The van der Waals surface area contributed by atoms with Gasteiger partial charge in [0.05, 0.1) is 0 Å². The van der Waals surface area contributed by atoms with Crippen molar-refractivity contribution in [3.05, 3.63) is 11.6 Å². The highest BCUT2D eigenvalue weighted by Crippen LogP contribution is 2.34. The normalized spacial score (nSPS) is 30.3. The number of hydrogen-bond acceptors (Lipinski definition) is 2. The third-order valence-electron chi connectivity index (χ3n) is 4.95. The molecule has 1 aliphatic heterocycles. The molecular formula is C15H27ClN2. The number of piperazine rings is 1. The molecule has 104 valence electrons. The molecule has 2 atom stereocenters. The lowest BCUT2D eigenvalue weighted by Crippen LogP contribution is -2.64. The molecule has 18 heavy (non-hydrogen) atoms. The van der Waals surface area contributed by atoms with Gasteiger partial charge < -0.3 is 5.32 Å². The molecule has 1 aliphatic carbocycles. The Morgan fingerprint density at radius 3 is 2.78 bits per heavy atom. The van der Waals surface area contributed by atoms with Crippen LogP contribution < -0.4 is 5.32 Å². The lowest BCUT2D eigenvalue weighted by atomic mass is 9.87. The van der Waals surface area contributed by atoms with E-state index in [0.29, 0.717) is 11.6 Å². The van der Waals surface area contributed by atoms with E-state index in [1.165, 1.54) is 38.6 Å². The second kappa shape index (κ2) is 6.40. The monoisotopic (exact) mass is 270 g/mol. The zero-order valence-corrected chi connectivity index (χ0v) is 12.5. The first-order valence-corrected chi connectivity index (χ1v) is 7.89. The average molecular weight is 271 g/mol. The van der Waals surface area contributed by atoms with Gasteiger partial charge in [0.1, 0.15) is 0 Å². The quantitative estimate of drug-likeness (QED) is 0.843. The van der Waals surface area contributed by atoms with Gasteiger partial charge in [-0.25, -0.2) is 0 Å².